The molecule has 0 spiro atoms. The van der Waals surface area contributed by atoms with E-state index in [0.717, 1.165) is 36.4 Å². The minimum Gasteiger partial charge on any atom is -0.478 e. The number of carboxylic acid groups (broad SMARTS) is 4. The topological polar surface area (TPSA) is 194 Å². The first-order valence-electron chi connectivity index (χ1n) is 9.24. The molecule has 0 fully saturated rings. The van der Waals surface area contributed by atoms with E-state index >= 15 is 0 Å². The quantitative estimate of drug-likeness (QED) is 0.165. The fourth-order valence-corrected chi connectivity index (χ4v) is 2.61. The van der Waals surface area contributed by atoms with Crippen molar-refractivity contribution in [3.05, 3.63) is 69.8 Å². The van der Waals surface area contributed by atoms with Crippen LogP contribution in [0, 0.1) is 0 Å². The van der Waals surface area contributed by atoms with Crippen molar-refractivity contribution in [2.75, 3.05) is 0 Å². The molecule has 0 saturated heterocycles. The van der Waals surface area contributed by atoms with Gasteiger partial charge in [0.05, 0.1) is 27.8 Å². The molecular weight excluding hydrogens is 444 g/mol. The van der Waals surface area contributed by atoms with Crippen LogP contribution in [-0.4, -0.2) is 56.6 Å². The predicted octanol–water partition coefficient (Wildman–Crippen LogP) is 2.52. The van der Waals surface area contributed by atoms with Gasteiger partial charge in [0.15, 0.2) is 0 Å². The SMILES string of the molecule is CCC(OOCc1cc(C(=O)O)ccc1C(=O)O)OC(=O)c1cc(C(=O)O)ccc1C(=O)O. The van der Waals surface area contributed by atoms with E-state index in [-0.39, 0.29) is 28.7 Å². The highest BCUT2D eigenvalue weighted by atomic mass is 17.2. The Kier molecular flexibility index (Phi) is 8.20. The summed E-state index contributed by atoms with van der Waals surface area (Å²) in [7, 11) is 0. The van der Waals surface area contributed by atoms with Crippen LogP contribution in [0.3, 0.4) is 0 Å². The molecule has 0 aromatic heterocycles. The number of rotatable bonds is 11. The summed E-state index contributed by atoms with van der Waals surface area (Å²) < 4.78 is 5.04. The lowest BCUT2D eigenvalue weighted by Gasteiger charge is -2.17. The molecule has 0 bridgehead atoms. The zero-order valence-electron chi connectivity index (χ0n) is 17.0. The molecule has 12 nitrogen and oxygen atoms in total. The van der Waals surface area contributed by atoms with Crippen LogP contribution in [-0.2, 0) is 21.1 Å². The first kappa shape index (κ1) is 25.0. The number of esters is 1. The molecule has 174 valence electrons. The van der Waals surface area contributed by atoms with Crippen LogP contribution >= 0.6 is 0 Å². The first-order valence-corrected chi connectivity index (χ1v) is 9.24. The minimum absolute atomic E-state index is 0.0215. The summed E-state index contributed by atoms with van der Waals surface area (Å²) in [6.45, 7) is 1.02. The van der Waals surface area contributed by atoms with E-state index in [1.807, 2.05) is 0 Å². The Hall–Kier alpha value is -4.29. The Morgan fingerprint density at radius 1 is 0.758 bits per heavy atom. The summed E-state index contributed by atoms with van der Waals surface area (Å²) in [6.07, 6.45) is -1.35. The molecule has 2 aromatic carbocycles. The fraction of sp³-hybridized carbons (Fsp3) is 0.190. The number of benzene rings is 2. The maximum atomic E-state index is 12.5. The van der Waals surface area contributed by atoms with Gasteiger partial charge in [-0.25, -0.2) is 28.9 Å². The molecule has 33 heavy (non-hydrogen) atoms. The van der Waals surface area contributed by atoms with Crippen molar-refractivity contribution in [2.24, 2.45) is 0 Å². The third-order valence-electron chi connectivity index (χ3n) is 4.26. The molecule has 0 aliphatic carbocycles. The van der Waals surface area contributed by atoms with Gasteiger partial charge in [-0.1, -0.05) is 6.92 Å². The van der Waals surface area contributed by atoms with Gasteiger partial charge in [0.1, 0.15) is 6.61 Å². The summed E-state index contributed by atoms with van der Waals surface area (Å²) in [4.78, 5) is 67.2. The lowest BCUT2D eigenvalue weighted by Crippen LogP contribution is -2.23. The lowest BCUT2D eigenvalue weighted by molar-refractivity contribution is -0.374. The maximum Gasteiger partial charge on any atom is 0.341 e. The van der Waals surface area contributed by atoms with E-state index in [1.54, 1.807) is 0 Å². The monoisotopic (exact) mass is 462 g/mol. The maximum absolute atomic E-state index is 12.5. The van der Waals surface area contributed by atoms with E-state index in [0.29, 0.717) is 0 Å². The standard InChI is InChI=1S/C21H18O12/c1-2-16(32-21(30)15-8-11(18(24)25)4-6-14(15)20(28)29)33-31-9-12-7-10(17(22)23)3-5-13(12)19(26)27/h3-8,16H,2,9H2,1H3,(H,22,23)(H,24,25)(H,26,27)(H,28,29). The van der Waals surface area contributed by atoms with Crippen molar-refractivity contribution >= 4 is 29.8 Å². The zero-order valence-corrected chi connectivity index (χ0v) is 17.0. The molecular formula is C21H18O12. The van der Waals surface area contributed by atoms with Gasteiger partial charge in [-0.15, -0.1) is 0 Å². The Labute approximate surface area is 185 Å². The van der Waals surface area contributed by atoms with Gasteiger partial charge in [0.2, 0.25) is 6.29 Å². The number of carboxylic acids is 4. The fourth-order valence-electron chi connectivity index (χ4n) is 2.61. The number of aromatic carboxylic acids is 4. The second-order valence-electron chi connectivity index (χ2n) is 6.45. The van der Waals surface area contributed by atoms with Crippen LogP contribution in [0.4, 0.5) is 0 Å². The van der Waals surface area contributed by atoms with Crippen molar-refractivity contribution in [3.8, 4) is 0 Å². The van der Waals surface area contributed by atoms with Gasteiger partial charge in [0.25, 0.3) is 0 Å². The van der Waals surface area contributed by atoms with Gasteiger partial charge < -0.3 is 25.2 Å². The van der Waals surface area contributed by atoms with Crippen LogP contribution in [0.15, 0.2) is 36.4 Å². The number of ether oxygens (including phenoxy) is 1. The van der Waals surface area contributed by atoms with E-state index in [2.05, 4.69) is 0 Å². The number of carbonyl (C=O) groups excluding carboxylic acids is 1. The van der Waals surface area contributed by atoms with E-state index in [1.165, 1.54) is 6.92 Å². The molecule has 1 unspecified atom stereocenters. The molecule has 0 aliphatic rings. The highest BCUT2D eigenvalue weighted by Gasteiger charge is 2.24. The number of carbonyl (C=O) groups is 5. The van der Waals surface area contributed by atoms with Crippen LogP contribution < -0.4 is 0 Å². The van der Waals surface area contributed by atoms with Gasteiger partial charge in [-0.2, -0.15) is 4.89 Å². The average Bonchev–Trinajstić information content (AvgIpc) is 2.77. The van der Waals surface area contributed by atoms with E-state index in [9.17, 15) is 34.2 Å². The van der Waals surface area contributed by atoms with Crippen LogP contribution in [0.5, 0.6) is 0 Å². The van der Waals surface area contributed by atoms with Crippen LogP contribution in [0.1, 0.15) is 70.7 Å². The third-order valence-corrected chi connectivity index (χ3v) is 4.26. The summed E-state index contributed by atoms with van der Waals surface area (Å²) in [5, 5.41) is 36.6. The molecule has 4 N–H and O–H groups in total. The van der Waals surface area contributed by atoms with Crippen LogP contribution in [0.25, 0.3) is 0 Å². The molecule has 2 rings (SSSR count). The number of hydrogen-bond donors (Lipinski definition) is 4. The van der Waals surface area contributed by atoms with E-state index in [4.69, 9.17) is 24.7 Å². The van der Waals surface area contributed by atoms with Gasteiger partial charge >= 0.3 is 29.8 Å². The highest BCUT2D eigenvalue weighted by molar-refractivity contribution is 6.04. The van der Waals surface area contributed by atoms with Gasteiger partial charge in [-0.05, 0) is 42.0 Å². The summed E-state index contributed by atoms with van der Waals surface area (Å²) >= 11 is 0. The average molecular weight is 462 g/mol. The third kappa shape index (κ3) is 6.35. The molecule has 0 amide bonds. The second-order valence-corrected chi connectivity index (χ2v) is 6.45. The molecule has 2 aromatic rings. The van der Waals surface area contributed by atoms with Crippen molar-refractivity contribution in [3.63, 3.8) is 0 Å². The molecule has 1 atom stereocenters. The smallest absolute Gasteiger partial charge is 0.341 e. The second kappa shape index (κ2) is 10.8. The normalized spacial score (nSPS) is 11.4. The molecule has 0 heterocycles. The Bertz CT molecular complexity index is 1100. The minimum atomic E-state index is -1.48. The Morgan fingerprint density at radius 3 is 1.82 bits per heavy atom. The largest absolute Gasteiger partial charge is 0.478 e. The molecule has 0 radical (unpaired) electrons. The van der Waals surface area contributed by atoms with Crippen molar-refractivity contribution in [1.29, 1.82) is 0 Å². The molecule has 0 saturated carbocycles. The Balaban J connectivity index is 2.14. The highest BCUT2D eigenvalue weighted by Crippen LogP contribution is 2.18. The lowest BCUT2D eigenvalue weighted by atomic mass is 10.0. The zero-order chi connectivity index (χ0) is 24.7. The molecule has 0 aliphatic heterocycles. The van der Waals surface area contributed by atoms with E-state index < -0.39 is 53.9 Å². The van der Waals surface area contributed by atoms with Crippen LogP contribution in [0.2, 0.25) is 0 Å². The van der Waals surface area contributed by atoms with Crippen molar-refractivity contribution in [1.82, 2.24) is 0 Å². The van der Waals surface area contributed by atoms with Gasteiger partial charge in [0, 0.05) is 6.42 Å². The first-order chi connectivity index (χ1) is 15.5. The Morgan fingerprint density at radius 2 is 1.30 bits per heavy atom. The van der Waals surface area contributed by atoms with Crippen molar-refractivity contribution in [2.45, 2.75) is 26.2 Å². The molecule has 12 heteroatoms. The summed E-state index contributed by atoms with van der Waals surface area (Å²) in [6, 6.07) is 6.09. The summed E-state index contributed by atoms with van der Waals surface area (Å²) in [5.41, 5.74) is -1.78. The number of hydrogen-bond acceptors (Lipinski definition) is 8. The predicted molar refractivity (Wildman–Crippen MR) is 106 cm³/mol. The van der Waals surface area contributed by atoms with Crippen molar-refractivity contribution < 1.29 is 58.9 Å². The summed E-state index contributed by atoms with van der Waals surface area (Å²) in [5.74, 6) is -6.67. The van der Waals surface area contributed by atoms with Gasteiger partial charge in [-0.3, -0.25) is 0 Å².